The van der Waals surface area contributed by atoms with Gasteiger partial charge in [-0.05, 0) is 24.1 Å². The first-order valence-electron chi connectivity index (χ1n) is 7.04. The van der Waals surface area contributed by atoms with Gasteiger partial charge in [-0.2, -0.15) is 0 Å². The Morgan fingerprint density at radius 1 is 0.952 bits per heavy atom. The van der Waals surface area contributed by atoms with E-state index in [9.17, 15) is 0 Å². The number of fused-ring (bicyclic) bond motifs is 1. The fourth-order valence-electron chi connectivity index (χ4n) is 3.04. The summed E-state index contributed by atoms with van der Waals surface area (Å²) in [5.74, 6) is 0. The van der Waals surface area contributed by atoms with Crippen molar-refractivity contribution in [2.75, 3.05) is 0 Å². The Bertz CT molecular complexity index is 694. The summed E-state index contributed by atoms with van der Waals surface area (Å²) in [4.78, 5) is 4.51. The molecule has 0 aliphatic heterocycles. The molecular formula is C16H13B4N. The quantitative estimate of drug-likeness (QED) is 0.715. The molecule has 0 spiro atoms. The third-order valence-corrected chi connectivity index (χ3v) is 4.27. The molecule has 0 fully saturated rings. The molecule has 0 N–H and O–H groups in total. The predicted molar refractivity (Wildman–Crippen MR) is 90.0 cm³/mol. The van der Waals surface area contributed by atoms with Crippen LogP contribution < -0.4 is 0 Å². The molecule has 0 saturated heterocycles. The Morgan fingerprint density at radius 3 is 2.33 bits per heavy atom. The first kappa shape index (κ1) is 14.6. The number of aryl methyl sites for hydroxylation is 1. The summed E-state index contributed by atoms with van der Waals surface area (Å²) in [6.45, 7) is 2.03. The second-order valence-corrected chi connectivity index (χ2v) is 5.98. The second kappa shape index (κ2) is 4.83. The van der Waals surface area contributed by atoms with E-state index < -0.39 is 10.4 Å². The molecule has 0 unspecified atom stereocenters. The van der Waals surface area contributed by atoms with Crippen molar-refractivity contribution < 1.29 is 0 Å². The fraction of sp³-hybridized carbons (Fsp3) is 0.312. The van der Waals surface area contributed by atoms with E-state index in [4.69, 9.17) is 31.4 Å². The summed E-state index contributed by atoms with van der Waals surface area (Å²) in [7, 11) is 25.1. The number of pyridine rings is 1. The van der Waals surface area contributed by atoms with E-state index in [1.165, 1.54) is 0 Å². The third-order valence-electron chi connectivity index (χ3n) is 4.27. The highest BCUT2D eigenvalue weighted by atomic mass is 14.7. The normalized spacial score (nSPS) is 18.9. The van der Waals surface area contributed by atoms with Crippen LogP contribution >= 0.6 is 0 Å². The SMILES string of the molecule is [B]C1([B])CCC([B])([B])c2c1ccnc2-c1ccccc1C. The minimum absolute atomic E-state index is 0.525. The Balaban J connectivity index is 2.33. The third kappa shape index (κ3) is 2.37. The van der Waals surface area contributed by atoms with Crippen LogP contribution in [0, 0.1) is 6.92 Å². The Kier molecular flexibility index (Phi) is 3.35. The number of hydrogen-bond donors (Lipinski definition) is 0. The number of hydrogen-bond acceptors (Lipinski definition) is 1. The molecule has 21 heavy (non-hydrogen) atoms. The average Bonchev–Trinajstić information content (AvgIpc) is 2.44. The minimum Gasteiger partial charge on any atom is -0.256 e. The monoisotopic (exact) mass is 263 g/mol. The minimum atomic E-state index is -0.969. The van der Waals surface area contributed by atoms with Gasteiger partial charge in [0.1, 0.15) is 0 Å². The summed E-state index contributed by atoms with van der Waals surface area (Å²) < 4.78 is 0. The zero-order chi connectivity index (χ0) is 15.3. The van der Waals surface area contributed by atoms with Gasteiger partial charge in [0, 0.05) is 11.8 Å². The smallest absolute Gasteiger partial charge is 0.0729 e. The zero-order valence-corrected chi connectivity index (χ0v) is 12.1. The van der Waals surface area contributed by atoms with Crippen LogP contribution in [0.25, 0.3) is 11.3 Å². The van der Waals surface area contributed by atoms with Crippen LogP contribution in [0.3, 0.4) is 0 Å². The van der Waals surface area contributed by atoms with Crippen molar-refractivity contribution in [2.24, 2.45) is 0 Å². The van der Waals surface area contributed by atoms with Crippen LogP contribution in [0.15, 0.2) is 36.5 Å². The van der Waals surface area contributed by atoms with Gasteiger partial charge in [-0.15, -0.1) is 0 Å². The molecule has 0 bridgehead atoms. The van der Waals surface area contributed by atoms with Crippen LogP contribution in [0.5, 0.6) is 0 Å². The van der Waals surface area contributed by atoms with Gasteiger partial charge in [0.2, 0.25) is 0 Å². The average molecular weight is 263 g/mol. The van der Waals surface area contributed by atoms with Gasteiger partial charge in [0.05, 0.1) is 37.1 Å². The number of aromatic nitrogens is 1. The maximum absolute atomic E-state index is 6.33. The fourth-order valence-corrected chi connectivity index (χ4v) is 3.04. The maximum Gasteiger partial charge on any atom is 0.0729 e. The Labute approximate surface area is 131 Å². The molecule has 1 nitrogen and oxygen atoms in total. The highest BCUT2D eigenvalue weighted by Gasteiger charge is 2.37. The lowest BCUT2D eigenvalue weighted by Crippen LogP contribution is -2.42. The largest absolute Gasteiger partial charge is 0.256 e. The maximum atomic E-state index is 6.33. The standard InChI is InChI=1S/C16H13B4N/c1-10-4-2-3-5-11(10)14-13-12(6-9-21-14)15(17,18)7-8-16(13,19)20/h2-6,9H,7-8H2,1H3. The van der Waals surface area contributed by atoms with Crippen LogP contribution in [0.4, 0.5) is 0 Å². The molecule has 0 amide bonds. The summed E-state index contributed by atoms with van der Waals surface area (Å²) in [6.07, 6.45) is 2.79. The van der Waals surface area contributed by atoms with Crippen molar-refractivity contribution in [1.82, 2.24) is 4.98 Å². The topological polar surface area (TPSA) is 12.9 Å². The molecule has 2 aromatic rings. The molecule has 1 aromatic carbocycles. The van der Waals surface area contributed by atoms with Crippen molar-refractivity contribution in [2.45, 2.75) is 30.2 Å². The highest BCUT2D eigenvalue weighted by Crippen LogP contribution is 2.44. The van der Waals surface area contributed by atoms with E-state index in [-0.39, 0.29) is 0 Å². The second-order valence-electron chi connectivity index (χ2n) is 5.98. The van der Waals surface area contributed by atoms with Gasteiger partial charge in [-0.1, -0.05) is 53.1 Å². The predicted octanol–water partition coefficient (Wildman–Crippen LogP) is 1.83. The highest BCUT2D eigenvalue weighted by molar-refractivity contribution is 6.44. The summed E-state index contributed by atoms with van der Waals surface area (Å²) >= 11 is 0. The van der Waals surface area contributed by atoms with Crippen molar-refractivity contribution in [1.29, 1.82) is 0 Å². The number of nitrogens with zero attached hydrogens (tertiary/aromatic N) is 1. The van der Waals surface area contributed by atoms with Crippen molar-refractivity contribution in [3.8, 4) is 11.3 Å². The van der Waals surface area contributed by atoms with Crippen LogP contribution in [-0.2, 0) is 10.4 Å². The van der Waals surface area contributed by atoms with E-state index >= 15 is 0 Å². The first-order valence-corrected chi connectivity index (χ1v) is 7.04. The first-order chi connectivity index (χ1) is 9.83. The van der Waals surface area contributed by atoms with Gasteiger partial charge in [0.15, 0.2) is 0 Å². The van der Waals surface area contributed by atoms with Gasteiger partial charge in [-0.3, -0.25) is 4.98 Å². The lowest BCUT2D eigenvalue weighted by Gasteiger charge is -2.44. The lowest BCUT2D eigenvalue weighted by molar-refractivity contribution is 0.573. The van der Waals surface area contributed by atoms with E-state index in [1.54, 1.807) is 6.20 Å². The molecule has 1 aliphatic rings. The molecule has 1 aromatic heterocycles. The van der Waals surface area contributed by atoms with E-state index in [0.717, 1.165) is 27.9 Å². The summed E-state index contributed by atoms with van der Waals surface area (Å²) in [5.41, 5.74) is 4.44. The number of rotatable bonds is 1. The molecule has 0 atom stereocenters. The van der Waals surface area contributed by atoms with Gasteiger partial charge >= 0.3 is 0 Å². The van der Waals surface area contributed by atoms with Gasteiger partial charge in [-0.25, -0.2) is 0 Å². The zero-order valence-electron chi connectivity index (χ0n) is 12.1. The lowest BCUT2D eigenvalue weighted by atomic mass is 9.37. The molecule has 1 aliphatic carbocycles. The molecular weight excluding hydrogens is 249 g/mol. The summed E-state index contributed by atoms with van der Waals surface area (Å²) in [6, 6.07) is 9.83. The molecule has 8 radical (unpaired) electrons. The van der Waals surface area contributed by atoms with E-state index in [1.807, 2.05) is 37.3 Å². The molecule has 94 valence electrons. The van der Waals surface area contributed by atoms with Crippen LogP contribution in [0.1, 0.15) is 29.5 Å². The van der Waals surface area contributed by atoms with Crippen molar-refractivity contribution in [3.05, 3.63) is 53.2 Å². The molecule has 3 rings (SSSR count). The molecule has 1 heterocycles. The van der Waals surface area contributed by atoms with E-state index in [2.05, 4.69) is 4.98 Å². The van der Waals surface area contributed by atoms with Crippen molar-refractivity contribution >= 4 is 31.4 Å². The van der Waals surface area contributed by atoms with Crippen LogP contribution in [-0.4, -0.2) is 36.4 Å². The molecule has 0 saturated carbocycles. The Morgan fingerprint density at radius 2 is 1.62 bits per heavy atom. The van der Waals surface area contributed by atoms with Gasteiger partial charge in [0.25, 0.3) is 0 Å². The van der Waals surface area contributed by atoms with Crippen molar-refractivity contribution in [3.63, 3.8) is 0 Å². The van der Waals surface area contributed by atoms with Gasteiger partial charge < -0.3 is 0 Å². The Hall–Kier alpha value is -1.37. The molecule has 5 heteroatoms. The van der Waals surface area contributed by atoms with E-state index in [0.29, 0.717) is 12.8 Å². The van der Waals surface area contributed by atoms with Crippen LogP contribution in [0.2, 0.25) is 0 Å². The summed E-state index contributed by atoms with van der Waals surface area (Å²) in [5, 5.41) is -1.89. The number of benzene rings is 1.